The number of rotatable bonds is 7. The number of esters is 1. The van der Waals surface area contributed by atoms with Crippen molar-refractivity contribution < 1.29 is 19.0 Å². The zero-order chi connectivity index (χ0) is 12.5. The Balaban J connectivity index is 2.34. The van der Waals surface area contributed by atoms with Gasteiger partial charge in [-0.1, -0.05) is 6.92 Å². The van der Waals surface area contributed by atoms with Crippen molar-refractivity contribution in [2.45, 2.75) is 20.3 Å². The predicted molar refractivity (Wildman–Crippen MR) is 64.4 cm³/mol. The molecule has 0 saturated heterocycles. The first kappa shape index (κ1) is 13.4. The van der Waals surface area contributed by atoms with Gasteiger partial charge in [-0.15, -0.1) is 0 Å². The second kappa shape index (κ2) is 7.54. The molecule has 0 aliphatic rings. The van der Waals surface area contributed by atoms with E-state index in [2.05, 4.69) is 0 Å². The Labute approximate surface area is 101 Å². The average Bonchev–Trinajstić information content (AvgIpc) is 2.36. The lowest BCUT2D eigenvalue weighted by atomic mass is 10.3. The van der Waals surface area contributed by atoms with E-state index in [1.54, 1.807) is 24.3 Å². The molecule has 0 spiro atoms. The second-order valence-corrected chi connectivity index (χ2v) is 3.41. The van der Waals surface area contributed by atoms with E-state index in [0.717, 1.165) is 12.2 Å². The Morgan fingerprint density at radius 1 is 1.06 bits per heavy atom. The molecule has 0 radical (unpaired) electrons. The monoisotopic (exact) mass is 238 g/mol. The fourth-order valence-corrected chi connectivity index (χ4v) is 1.20. The quantitative estimate of drug-likeness (QED) is 0.684. The van der Waals surface area contributed by atoms with E-state index in [1.807, 2.05) is 13.8 Å². The van der Waals surface area contributed by atoms with Gasteiger partial charge in [-0.2, -0.15) is 0 Å². The zero-order valence-electron chi connectivity index (χ0n) is 10.3. The van der Waals surface area contributed by atoms with Gasteiger partial charge in [0.1, 0.15) is 11.5 Å². The molecule has 0 unspecified atom stereocenters. The van der Waals surface area contributed by atoms with Crippen LogP contribution in [0.2, 0.25) is 0 Å². The summed E-state index contributed by atoms with van der Waals surface area (Å²) in [6, 6.07) is 7.13. The molecule has 0 amide bonds. The van der Waals surface area contributed by atoms with E-state index in [-0.39, 0.29) is 12.6 Å². The Bertz CT molecular complexity index is 332. The highest BCUT2D eigenvalue weighted by Crippen LogP contribution is 2.17. The van der Waals surface area contributed by atoms with E-state index < -0.39 is 0 Å². The summed E-state index contributed by atoms with van der Waals surface area (Å²) < 4.78 is 15.4. The van der Waals surface area contributed by atoms with E-state index in [9.17, 15) is 4.79 Å². The molecule has 1 aromatic carbocycles. The molecular weight excluding hydrogens is 220 g/mol. The maximum absolute atomic E-state index is 11.2. The molecule has 0 bridgehead atoms. The van der Waals surface area contributed by atoms with Crippen molar-refractivity contribution in [3.63, 3.8) is 0 Å². The first-order valence-corrected chi connectivity index (χ1v) is 5.77. The molecule has 1 aromatic rings. The predicted octanol–water partition coefficient (Wildman–Crippen LogP) is 2.42. The molecule has 4 heteroatoms. The highest BCUT2D eigenvalue weighted by molar-refractivity contribution is 5.71. The van der Waals surface area contributed by atoms with Crippen LogP contribution in [-0.2, 0) is 9.53 Å². The molecular formula is C13H18O4. The molecule has 0 aromatic heterocycles. The third-order valence-electron chi connectivity index (χ3n) is 1.96. The van der Waals surface area contributed by atoms with Crippen LogP contribution in [0, 0.1) is 0 Å². The van der Waals surface area contributed by atoms with Crippen molar-refractivity contribution in [1.29, 1.82) is 0 Å². The summed E-state index contributed by atoms with van der Waals surface area (Å²) in [6.45, 7) is 4.87. The van der Waals surface area contributed by atoms with Crippen LogP contribution in [0.25, 0.3) is 0 Å². The minimum absolute atomic E-state index is 0.0615. The molecule has 4 nitrogen and oxygen atoms in total. The number of carbonyl (C=O) groups excluding carboxylic acids is 1. The summed E-state index contributed by atoms with van der Waals surface area (Å²) in [5, 5.41) is 0. The zero-order valence-corrected chi connectivity index (χ0v) is 10.3. The van der Waals surface area contributed by atoms with E-state index >= 15 is 0 Å². The standard InChI is InChI=1S/C13H18O4/c1-3-9-16-13(14)10-17-12-7-5-11(6-8-12)15-4-2/h5-8H,3-4,9-10H2,1-2H3. The summed E-state index contributed by atoms with van der Waals surface area (Å²) >= 11 is 0. The maximum Gasteiger partial charge on any atom is 0.344 e. The minimum Gasteiger partial charge on any atom is -0.494 e. The van der Waals surface area contributed by atoms with E-state index in [4.69, 9.17) is 14.2 Å². The van der Waals surface area contributed by atoms with Gasteiger partial charge in [0.2, 0.25) is 0 Å². The van der Waals surface area contributed by atoms with Crippen LogP contribution in [0.3, 0.4) is 0 Å². The lowest BCUT2D eigenvalue weighted by Gasteiger charge is -2.07. The second-order valence-electron chi connectivity index (χ2n) is 3.41. The van der Waals surface area contributed by atoms with Crippen LogP contribution in [-0.4, -0.2) is 25.8 Å². The molecule has 1 rings (SSSR count). The topological polar surface area (TPSA) is 44.8 Å². The van der Waals surface area contributed by atoms with Gasteiger partial charge in [0, 0.05) is 0 Å². The highest BCUT2D eigenvalue weighted by atomic mass is 16.6. The molecule has 0 heterocycles. The third kappa shape index (κ3) is 5.24. The Kier molecular flexibility index (Phi) is 5.93. The van der Waals surface area contributed by atoms with Gasteiger partial charge in [0.25, 0.3) is 0 Å². The summed E-state index contributed by atoms with van der Waals surface area (Å²) in [6.07, 6.45) is 0.814. The molecule has 0 saturated carbocycles. The van der Waals surface area contributed by atoms with Crippen LogP contribution < -0.4 is 9.47 Å². The molecule has 0 aliphatic carbocycles. The first-order valence-electron chi connectivity index (χ1n) is 5.77. The van der Waals surface area contributed by atoms with Crippen LogP contribution >= 0.6 is 0 Å². The smallest absolute Gasteiger partial charge is 0.344 e. The van der Waals surface area contributed by atoms with Gasteiger partial charge in [0.05, 0.1) is 13.2 Å². The number of hydrogen-bond acceptors (Lipinski definition) is 4. The fourth-order valence-electron chi connectivity index (χ4n) is 1.20. The van der Waals surface area contributed by atoms with Crippen LogP contribution in [0.15, 0.2) is 24.3 Å². The van der Waals surface area contributed by atoms with Crippen molar-refractivity contribution in [3.05, 3.63) is 24.3 Å². The lowest BCUT2D eigenvalue weighted by molar-refractivity contribution is -0.146. The van der Waals surface area contributed by atoms with Gasteiger partial charge < -0.3 is 14.2 Å². The molecule has 17 heavy (non-hydrogen) atoms. The third-order valence-corrected chi connectivity index (χ3v) is 1.96. The van der Waals surface area contributed by atoms with Crippen molar-refractivity contribution in [2.24, 2.45) is 0 Å². The largest absolute Gasteiger partial charge is 0.494 e. The summed E-state index contributed by atoms with van der Waals surface area (Å²) in [5.41, 5.74) is 0. The van der Waals surface area contributed by atoms with Gasteiger partial charge in [0.15, 0.2) is 6.61 Å². The SMILES string of the molecule is CCCOC(=O)COc1ccc(OCC)cc1. The minimum atomic E-state index is -0.347. The molecule has 94 valence electrons. The Morgan fingerprint density at radius 3 is 2.18 bits per heavy atom. The maximum atomic E-state index is 11.2. The Morgan fingerprint density at radius 2 is 1.65 bits per heavy atom. The normalized spacial score (nSPS) is 9.76. The summed E-state index contributed by atoms with van der Waals surface area (Å²) in [5.74, 6) is 1.07. The van der Waals surface area contributed by atoms with Crippen molar-refractivity contribution in [1.82, 2.24) is 0 Å². The highest BCUT2D eigenvalue weighted by Gasteiger charge is 2.03. The van der Waals surface area contributed by atoms with E-state index in [0.29, 0.717) is 19.0 Å². The molecule has 0 aliphatic heterocycles. The molecule has 0 N–H and O–H groups in total. The van der Waals surface area contributed by atoms with Crippen molar-refractivity contribution in [2.75, 3.05) is 19.8 Å². The van der Waals surface area contributed by atoms with Crippen molar-refractivity contribution >= 4 is 5.97 Å². The summed E-state index contributed by atoms with van der Waals surface area (Å²) in [4.78, 5) is 11.2. The van der Waals surface area contributed by atoms with Gasteiger partial charge >= 0.3 is 5.97 Å². The van der Waals surface area contributed by atoms with Gasteiger partial charge in [-0.3, -0.25) is 0 Å². The van der Waals surface area contributed by atoms with Crippen LogP contribution in [0.4, 0.5) is 0 Å². The van der Waals surface area contributed by atoms with Gasteiger partial charge in [-0.25, -0.2) is 4.79 Å². The summed E-state index contributed by atoms with van der Waals surface area (Å²) in [7, 11) is 0. The number of hydrogen-bond donors (Lipinski definition) is 0. The van der Waals surface area contributed by atoms with E-state index in [1.165, 1.54) is 0 Å². The molecule has 0 atom stereocenters. The molecule has 0 fully saturated rings. The van der Waals surface area contributed by atoms with Crippen LogP contribution in [0.1, 0.15) is 20.3 Å². The first-order chi connectivity index (χ1) is 8.26. The number of carbonyl (C=O) groups is 1. The fraction of sp³-hybridized carbons (Fsp3) is 0.462. The lowest BCUT2D eigenvalue weighted by Crippen LogP contribution is -2.15. The van der Waals surface area contributed by atoms with Crippen molar-refractivity contribution in [3.8, 4) is 11.5 Å². The van der Waals surface area contributed by atoms with Gasteiger partial charge in [-0.05, 0) is 37.6 Å². The van der Waals surface area contributed by atoms with Crippen LogP contribution in [0.5, 0.6) is 11.5 Å². The number of benzene rings is 1. The average molecular weight is 238 g/mol. The Hall–Kier alpha value is -1.71. The number of ether oxygens (including phenoxy) is 3.